The number of carbonyl (C=O) groups excluding carboxylic acids is 7. The minimum absolute atomic E-state index is 0.0872. The normalized spacial score (nSPS) is 21.7. The number of ether oxygens (including phenoxy) is 2. The van der Waals surface area contributed by atoms with Crippen molar-refractivity contribution in [3.05, 3.63) is 47.9 Å². The maximum absolute atomic E-state index is 13.5. The average Bonchev–Trinajstić information content (AvgIpc) is 3.94. The predicted octanol–water partition coefficient (Wildman–Crippen LogP) is 5.79. The number of carbonyl (C=O) groups is 7. The Morgan fingerprint density at radius 1 is 0.947 bits per heavy atom. The number of aliphatic hydroxyl groups excluding tert-OH is 2. The monoisotopic (exact) mass is 1160 g/mol. The maximum atomic E-state index is 13.5. The lowest BCUT2D eigenvalue weighted by molar-refractivity contribution is -0.172. The number of unbranched alkanes of at least 4 members (excludes halogenated alkanes) is 2. The highest BCUT2D eigenvalue weighted by atomic mass is 127. The number of imidazole rings is 1. The molecule has 1 aromatic carbocycles. The number of nitrogens with one attached hydrogen (secondary N) is 6. The molecule has 2 saturated heterocycles. The molecule has 414 valence electrons. The van der Waals surface area contributed by atoms with Gasteiger partial charge in [-0.25, -0.2) is 14.8 Å². The van der Waals surface area contributed by atoms with Crippen molar-refractivity contribution >= 4 is 86.7 Å². The molecule has 0 bridgehead atoms. The average molecular weight is 1160 g/mol. The Bertz CT molecular complexity index is 2440. The van der Waals surface area contributed by atoms with Crippen molar-refractivity contribution in [3.8, 4) is 0 Å². The van der Waals surface area contributed by atoms with Gasteiger partial charge in [0.2, 0.25) is 35.4 Å². The van der Waals surface area contributed by atoms with Crippen LogP contribution < -0.4 is 26.6 Å². The highest BCUT2D eigenvalue weighted by Gasteiger charge is 2.49. The summed E-state index contributed by atoms with van der Waals surface area (Å²) in [6.07, 6.45) is 4.62. The van der Waals surface area contributed by atoms with E-state index in [2.05, 4.69) is 86.8 Å². The summed E-state index contributed by atoms with van der Waals surface area (Å²) in [4.78, 5) is 107. The van der Waals surface area contributed by atoms with Crippen molar-refractivity contribution in [1.82, 2.24) is 40.7 Å². The molecule has 2 fully saturated rings. The lowest BCUT2D eigenvalue weighted by atomic mass is 9.83. The number of benzene rings is 1. The molecule has 21 nitrogen and oxygen atoms in total. The lowest BCUT2D eigenvalue weighted by Gasteiger charge is -2.42. The SMILES string of the molecule is CCCCC(CC)c1nc2nccc(N[C@H]3O[C@@H](C)[C@H](NC(=O)CN(C)C(=O)OCc4ccc(NC(=O)[C@H](C)NC(=O)[C@@H](NC(=O)CCN5C(=O)CC(C(I)(CCC)CCCC)C5=O)C(C)C)cc4)[C@@H](O)[C@H]3O)c2[nH]1. The quantitative estimate of drug-likeness (QED) is 0.0255. The van der Waals surface area contributed by atoms with Gasteiger partial charge in [0.1, 0.15) is 48.8 Å². The molecule has 4 heterocycles. The van der Waals surface area contributed by atoms with Crippen LogP contribution in [-0.2, 0) is 44.8 Å². The fraction of sp³-hybridized carbons (Fsp3) is 0.642. The van der Waals surface area contributed by atoms with Gasteiger partial charge in [-0.1, -0.05) is 108 Å². The number of alkyl halides is 1. The fourth-order valence-corrected chi connectivity index (χ4v) is 10.9. The summed E-state index contributed by atoms with van der Waals surface area (Å²) >= 11 is 2.36. The van der Waals surface area contributed by atoms with Crippen LogP contribution in [0.5, 0.6) is 0 Å². The van der Waals surface area contributed by atoms with E-state index in [1.54, 1.807) is 57.3 Å². The number of likely N-dealkylation sites (N-methyl/N-ethyl adjacent to an activating group) is 1. The topological polar surface area (TPSA) is 287 Å². The molecular formula is C53H79IN10O11. The van der Waals surface area contributed by atoms with E-state index in [1.165, 1.54) is 18.9 Å². The second-order valence-electron chi connectivity index (χ2n) is 20.3. The number of likely N-dealkylation sites (tertiary alicyclic amines) is 1. The summed E-state index contributed by atoms with van der Waals surface area (Å²) < 4.78 is 11.2. The third-order valence-electron chi connectivity index (χ3n) is 14.1. The van der Waals surface area contributed by atoms with Crippen LogP contribution in [0.15, 0.2) is 36.5 Å². The molecule has 22 heteroatoms. The predicted molar refractivity (Wildman–Crippen MR) is 291 cm³/mol. The third-order valence-corrected chi connectivity index (χ3v) is 15.9. The van der Waals surface area contributed by atoms with Gasteiger partial charge in [-0.05, 0) is 69.2 Å². The minimum Gasteiger partial charge on any atom is -0.445 e. The van der Waals surface area contributed by atoms with E-state index in [0.717, 1.165) is 68.5 Å². The standard InChI is InChI=1S/C53H79IN10O11/c1-10-14-16-34(13-4)46-61-43-37(21-25-55-47(43)62-46)58-50-45(69)44(68)42(32(8)75-50)60-39(66)28-63(9)52(73)74-29-33-17-19-35(20-18-33)57-48(70)31(7)56-49(71)41(30(5)6)59-38(65)22-26-64-40(67)27-36(51(64)72)53(54,23-12-3)24-15-11-2/h17-21,25,30-32,34,36,41-42,44-45,50,68-69H,10-16,22-24,26-29H2,1-9H3,(H,56,71)(H,57,70)(H,59,65)(H,60,66)(H2,55,58,61,62)/t31-,32-,34?,36?,41-,42-,44+,45+,50-,53?/m0/s1. The number of H-pyrrole nitrogens is 1. The van der Waals surface area contributed by atoms with E-state index in [-0.39, 0.29) is 53.1 Å². The molecule has 7 amide bonds. The number of hydrogen-bond donors (Lipinski definition) is 8. The number of aliphatic hydroxyl groups is 2. The Hall–Kier alpha value is -5.46. The number of pyridine rings is 1. The highest BCUT2D eigenvalue weighted by molar-refractivity contribution is 14.1. The van der Waals surface area contributed by atoms with Gasteiger partial charge in [-0.3, -0.25) is 33.7 Å². The number of amides is 7. The van der Waals surface area contributed by atoms with Gasteiger partial charge in [0.05, 0.1) is 23.8 Å². The van der Waals surface area contributed by atoms with Crippen molar-refractivity contribution in [2.75, 3.05) is 30.8 Å². The molecule has 0 spiro atoms. The Morgan fingerprint density at radius 2 is 1.65 bits per heavy atom. The molecule has 8 N–H and O–H groups in total. The van der Waals surface area contributed by atoms with E-state index in [0.29, 0.717) is 28.1 Å². The molecule has 3 aromatic rings. The highest BCUT2D eigenvalue weighted by Crippen LogP contribution is 2.44. The lowest BCUT2D eigenvalue weighted by Crippen LogP contribution is -2.64. The largest absolute Gasteiger partial charge is 0.445 e. The van der Waals surface area contributed by atoms with E-state index >= 15 is 0 Å². The van der Waals surface area contributed by atoms with Crippen LogP contribution >= 0.6 is 22.6 Å². The number of rotatable bonds is 27. The second kappa shape index (κ2) is 28.1. The van der Waals surface area contributed by atoms with Crippen LogP contribution in [0.1, 0.15) is 143 Å². The van der Waals surface area contributed by atoms with Crippen LogP contribution in [0, 0.1) is 11.8 Å². The molecule has 0 saturated carbocycles. The van der Waals surface area contributed by atoms with Gasteiger partial charge in [0, 0.05) is 47.7 Å². The zero-order valence-corrected chi connectivity index (χ0v) is 47.0. The Kier molecular flexibility index (Phi) is 22.6. The first-order valence-electron chi connectivity index (χ1n) is 26.5. The molecule has 5 rings (SSSR count). The van der Waals surface area contributed by atoms with Crippen LogP contribution in [-0.4, -0.2) is 143 Å². The van der Waals surface area contributed by atoms with Crippen molar-refractivity contribution in [3.63, 3.8) is 0 Å². The number of nitrogens with zero attached hydrogens (tertiary/aromatic N) is 4. The smallest absolute Gasteiger partial charge is 0.410 e. The molecular weight excluding hydrogens is 1080 g/mol. The third kappa shape index (κ3) is 16.0. The number of aromatic nitrogens is 3. The summed E-state index contributed by atoms with van der Waals surface area (Å²) in [5.41, 5.74) is 2.72. The fourth-order valence-electron chi connectivity index (χ4n) is 9.51. The van der Waals surface area contributed by atoms with E-state index in [1.807, 2.05) is 0 Å². The van der Waals surface area contributed by atoms with Crippen molar-refractivity contribution in [2.45, 2.75) is 185 Å². The van der Waals surface area contributed by atoms with Crippen molar-refractivity contribution < 1.29 is 53.2 Å². The maximum Gasteiger partial charge on any atom is 0.410 e. The molecule has 2 aromatic heterocycles. The summed E-state index contributed by atoms with van der Waals surface area (Å²) in [6, 6.07) is 5.16. The zero-order chi connectivity index (χ0) is 55.1. The van der Waals surface area contributed by atoms with E-state index < -0.39 is 84.8 Å². The molecule has 75 heavy (non-hydrogen) atoms. The van der Waals surface area contributed by atoms with Gasteiger partial charge in [-0.15, -0.1) is 0 Å². The molecule has 2 aliphatic heterocycles. The van der Waals surface area contributed by atoms with Gasteiger partial charge in [0.15, 0.2) is 11.9 Å². The first-order chi connectivity index (χ1) is 35.6. The van der Waals surface area contributed by atoms with Crippen molar-refractivity contribution in [2.24, 2.45) is 11.8 Å². The number of imide groups is 1. The van der Waals surface area contributed by atoms with Crippen LogP contribution in [0.3, 0.4) is 0 Å². The van der Waals surface area contributed by atoms with E-state index in [4.69, 9.17) is 14.5 Å². The summed E-state index contributed by atoms with van der Waals surface area (Å²) in [5, 5.41) is 36.2. The van der Waals surface area contributed by atoms with Crippen LogP contribution in [0.2, 0.25) is 0 Å². The zero-order valence-electron chi connectivity index (χ0n) is 44.9. The molecule has 10 atom stereocenters. The molecule has 0 aliphatic carbocycles. The molecule has 3 unspecified atom stereocenters. The minimum atomic E-state index is -1.45. The number of aromatic amines is 1. The molecule has 0 radical (unpaired) electrons. The Labute approximate surface area is 453 Å². The Morgan fingerprint density at radius 3 is 2.31 bits per heavy atom. The first-order valence-corrected chi connectivity index (χ1v) is 27.5. The van der Waals surface area contributed by atoms with Gasteiger partial charge < -0.3 is 56.2 Å². The van der Waals surface area contributed by atoms with Crippen molar-refractivity contribution in [1.29, 1.82) is 0 Å². The number of hydrogen-bond acceptors (Lipinski definition) is 14. The number of anilines is 2. The Balaban J connectivity index is 1.03. The van der Waals surface area contributed by atoms with Gasteiger partial charge >= 0.3 is 6.09 Å². The second-order valence-corrected chi connectivity index (χ2v) is 22.5. The number of halogens is 1. The molecule has 2 aliphatic rings. The first kappa shape index (κ1) is 60.4. The van der Waals surface area contributed by atoms with E-state index in [9.17, 15) is 43.8 Å². The van der Waals surface area contributed by atoms with Crippen LogP contribution in [0.4, 0.5) is 16.2 Å². The summed E-state index contributed by atoms with van der Waals surface area (Å²) in [6.45, 7) is 14.4. The summed E-state index contributed by atoms with van der Waals surface area (Å²) in [5.74, 6) is -2.50. The van der Waals surface area contributed by atoms with Gasteiger partial charge in [-0.2, -0.15) is 0 Å². The summed E-state index contributed by atoms with van der Waals surface area (Å²) in [7, 11) is 1.38. The van der Waals surface area contributed by atoms with Gasteiger partial charge in [0.25, 0.3) is 0 Å². The number of fused-ring (bicyclic) bond motifs is 1. The van der Waals surface area contributed by atoms with Crippen LogP contribution in [0.25, 0.3) is 11.2 Å².